The molecule has 1 aliphatic rings. The lowest BCUT2D eigenvalue weighted by Crippen LogP contribution is -2.20. The second-order valence-corrected chi connectivity index (χ2v) is 6.45. The Balaban J connectivity index is 1.78. The summed E-state index contributed by atoms with van der Waals surface area (Å²) in [6.45, 7) is 0. The number of aromatic nitrogens is 1. The summed E-state index contributed by atoms with van der Waals surface area (Å²) in [6, 6.07) is 10.5. The minimum Gasteiger partial charge on any atom is -0.473 e. The topological polar surface area (TPSA) is 51.2 Å². The lowest BCUT2D eigenvalue weighted by molar-refractivity contribution is 0.101. The van der Waals surface area contributed by atoms with E-state index in [0.717, 1.165) is 17.9 Å². The Labute approximate surface area is 138 Å². The maximum Gasteiger partial charge on any atom is 0.261 e. The van der Waals surface area contributed by atoms with Gasteiger partial charge >= 0.3 is 0 Å². The van der Waals surface area contributed by atoms with Gasteiger partial charge in [-0.1, -0.05) is 23.7 Å². The predicted octanol–water partition coefficient (Wildman–Crippen LogP) is 3.87. The molecule has 4 nitrogen and oxygen atoms in total. The number of ether oxygens (including phenoxy) is 1. The zero-order valence-electron chi connectivity index (χ0n) is 11.8. The Morgan fingerprint density at radius 2 is 2.18 bits per heavy atom. The van der Waals surface area contributed by atoms with Crippen LogP contribution in [0.25, 0.3) is 0 Å². The highest BCUT2D eigenvalue weighted by Gasteiger charge is 2.21. The van der Waals surface area contributed by atoms with E-state index in [9.17, 15) is 4.79 Å². The van der Waals surface area contributed by atoms with Gasteiger partial charge in [0, 0.05) is 11.9 Å². The van der Waals surface area contributed by atoms with Crippen LogP contribution in [0, 0.1) is 0 Å². The van der Waals surface area contributed by atoms with Crippen LogP contribution in [-0.4, -0.2) is 28.5 Å². The van der Waals surface area contributed by atoms with Crippen molar-refractivity contribution in [2.24, 2.45) is 0 Å². The van der Waals surface area contributed by atoms with E-state index >= 15 is 0 Å². The van der Waals surface area contributed by atoms with E-state index < -0.39 is 0 Å². The number of hydrogen-bond acceptors (Lipinski definition) is 4. The summed E-state index contributed by atoms with van der Waals surface area (Å²) >= 11 is 7.92. The van der Waals surface area contributed by atoms with Gasteiger partial charge in [0.1, 0.15) is 11.7 Å². The maximum absolute atomic E-state index is 12.5. The van der Waals surface area contributed by atoms with E-state index in [1.54, 1.807) is 30.5 Å². The molecule has 1 N–H and O–H groups in total. The van der Waals surface area contributed by atoms with Crippen molar-refractivity contribution >= 4 is 35.0 Å². The van der Waals surface area contributed by atoms with Crippen molar-refractivity contribution in [2.75, 3.05) is 16.8 Å². The molecule has 1 aromatic heterocycles. The van der Waals surface area contributed by atoms with Crippen LogP contribution in [0.2, 0.25) is 5.02 Å². The summed E-state index contributed by atoms with van der Waals surface area (Å²) in [4.78, 5) is 16.7. The predicted molar refractivity (Wildman–Crippen MR) is 90.0 cm³/mol. The number of rotatable bonds is 4. The van der Waals surface area contributed by atoms with Gasteiger partial charge < -0.3 is 10.1 Å². The number of hydrogen-bond donors (Lipinski definition) is 1. The summed E-state index contributed by atoms with van der Waals surface area (Å²) < 4.78 is 5.87. The van der Waals surface area contributed by atoms with Crippen LogP contribution in [0.1, 0.15) is 16.8 Å². The minimum absolute atomic E-state index is 0.117. The number of halogens is 1. The first-order chi connectivity index (χ1) is 10.7. The number of para-hydroxylation sites is 1. The van der Waals surface area contributed by atoms with Crippen LogP contribution in [0.4, 0.5) is 5.69 Å². The van der Waals surface area contributed by atoms with Gasteiger partial charge in [-0.2, -0.15) is 11.8 Å². The monoisotopic (exact) mass is 334 g/mol. The Kier molecular flexibility index (Phi) is 4.85. The molecule has 0 aliphatic carbocycles. The third kappa shape index (κ3) is 3.54. The molecular weight excluding hydrogens is 320 g/mol. The second-order valence-electron chi connectivity index (χ2n) is 4.89. The molecule has 3 rings (SSSR count). The van der Waals surface area contributed by atoms with Crippen LogP contribution in [0.5, 0.6) is 5.88 Å². The number of nitrogens with zero attached hydrogens (tertiary/aromatic N) is 1. The molecule has 2 aromatic rings. The fourth-order valence-corrected chi connectivity index (χ4v) is 3.45. The first-order valence-corrected chi connectivity index (χ1v) is 8.52. The number of carbonyl (C=O) groups excluding carboxylic acids is 1. The Bertz CT molecular complexity index is 675. The van der Waals surface area contributed by atoms with Gasteiger partial charge in [-0.15, -0.1) is 0 Å². The van der Waals surface area contributed by atoms with Gasteiger partial charge in [0.2, 0.25) is 5.88 Å². The largest absolute Gasteiger partial charge is 0.473 e. The SMILES string of the molecule is O=C(Nc1ccccc1Cl)c1cccnc1OC1CCSC1. The number of benzene rings is 1. The highest BCUT2D eigenvalue weighted by molar-refractivity contribution is 7.99. The summed E-state index contributed by atoms with van der Waals surface area (Å²) in [6.07, 6.45) is 2.73. The fourth-order valence-electron chi connectivity index (χ4n) is 2.17. The van der Waals surface area contributed by atoms with Crippen molar-refractivity contribution in [2.45, 2.75) is 12.5 Å². The summed E-state index contributed by atoms with van der Waals surface area (Å²) in [5.41, 5.74) is 0.986. The summed E-state index contributed by atoms with van der Waals surface area (Å²) in [5.74, 6) is 2.11. The van der Waals surface area contributed by atoms with E-state index in [1.807, 2.05) is 23.9 Å². The molecule has 0 bridgehead atoms. The zero-order chi connectivity index (χ0) is 15.4. The number of amides is 1. The zero-order valence-corrected chi connectivity index (χ0v) is 13.4. The first-order valence-electron chi connectivity index (χ1n) is 6.99. The minimum atomic E-state index is -0.276. The highest BCUT2D eigenvalue weighted by Crippen LogP contribution is 2.26. The lowest BCUT2D eigenvalue weighted by Gasteiger charge is -2.14. The number of nitrogens with one attached hydrogen (secondary N) is 1. The smallest absolute Gasteiger partial charge is 0.261 e. The number of anilines is 1. The molecule has 2 heterocycles. The van der Waals surface area contributed by atoms with Crippen LogP contribution in [0.15, 0.2) is 42.6 Å². The van der Waals surface area contributed by atoms with Crippen LogP contribution >= 0.6 is 23.4 Å². The molecule has 1 amide bonds. The molecule has 1 aliphatic heterocycles. The lowest BCUT2D eigenvalue weighted by atomic mass is 10.2. The van der Waals surface area contributed by atoms with Crippen molar-refractivity contribution in [1.29, 1.82) is 0 Å². The van der Waals surface area contributed by atoms with E-state index in [-0.39, 0.29) is 12.0 Å². The average molecular weight is 335 g/mol. The molecule has 0 saturated carbocycles. The molecule has 114 valence electrons. The molecule has 0 spiro atoms. The second kappa shape index (κ2) is 7.03. The van der Waals surface area contributed by atoms with Crippen molar-refractivity contribution in [3.05, 3.63) is 53.2 Å². The molecule has 0 radical (unpaired) electrons. The van der Waals surface area contributed by atoms with Crippen molar-refractivity contribution < 1.29 is 9.53 Å². The van der Waals surface area contributed by atoms with Gasteiger partial charge in [-0.25, -0.2) is 4.98 Å². The van der Waals surface area contributed by atoms with Gasteiger partial charge in [0.15, 0.2) is 0 Å². The quantitative estimate of drug-likeness (QED) is 0.922. The van der Waals surface area contributed by atoms with Crippen LogP contribution in [0.3, 0.4) is 0 Å². The molecule has 22 heavy (non-hydrogen) atoms. The molecule has 6 heteroatoms. The van der Waals surface area contributed by atoms with Gasteiger partial charge in [0.25, 0.3) is 5.91 Å². The number of thioether (sulfide) groups is 1. The summed E-state index contributed by atoms with van der Waals surface area (Å²) in [5, 5.41) is 3.29. The molecule has 1 saturated heterocycles. The third-order valence-corrected chi connectivity index (χ3v) is 4.77. The van der Waals surface area contributed by atoms with E-state index in [1.165, 1.54) is 0 Å². The van der Waals surface area contributed by atoms with E-state index in [4.69, 9.17) is 16.3 Å². The van der Waals surface area contributed by atoms with Gasteiger partial charge in [0.05, 0.1) is 10.7 Å². The third-order valence-electron chi connectivity index (χ3n) is 3.30. The van der Waals surface area contributed by atoms with Crippen molar-refractivity contribution in [1.82, 2.24) is 4.98 Å². The standard InChI is InChI=1S/C16H15ClN2O2S/c17-13-5-1-2-6-14(13)19-15(20)12-4-3-8-18-16(12)21-11-7-9-22-10-11/h1-6,8,11H,7,9-10H2,(H,19,20). The molecule has 1 unspecified atom stereocenters. The molecular formula is C16H15ClN2O2S. The molecule has 1 fully saturated rings. The van der Waals surface area contributed by atoms with Crippen LogP contribution < -0.4 is 10.1 Å². The summed E-state index contributed by atoms with van der Waals surface area (Å²) in [7, 11) is 0. The van der Waals surface area contributed by atoms with Crippen molar-refractivity contribution in [3.63, 3.8) is 0 Å². The Morgan fingerprint density at radius 3 is 2.95 bits per heavy atom. The molecule has 1 aromatic carbocycles. The normalized spacial score (nSPS) is 17.2. The van der Waals surface area contributed by atoms with Gasteiger partial charge in [-0.05, 0) is 36.4 Å². The molecule has 1 atom stereocenters. The van der Waals surface area contributed by atoms with Crippen molar-refractivity contribution in [3.8, 4) is 5.88 Å². The first kappa shape index (κ1) is 15.2. The van der Waals surface area contributed by atoms with E-state index in [0.29, 0.717) is 22.2 Å². The highest BCUT2D eigenvalue weighted by atomic mass is 35.5. The van der Waals surface area contributed by atoms with E-state index in [2.05, 4.69) is 10.3 Å². The maximum atomic E-state index is 12.5. The number of carbonyl (C=O) groups is 1. The van der Waals surface area contributed by atoms with Crippen LogP contribution in [-0.2, 0) is 0 Å². The fraction of sp³-hybridized carbons (Fsp3) is 0.250. The van der Waals surface area contributed by atoms with Gasteiger partial charge in [-0.3, -0.25) is 4.79 Å². The Morgan fingerprint density at radius 1 is 1.32 bits per heavy atom. The number of pyridine rings is 1. The average Bonchev–Trinajstić information content (AvgIpc) is 3.03. The Hall–Kier alpha value is -1.72.